The molecule has 1 aromatic carbocycles. The van der Waals surface area contributed by atoms with E-state index in [2.05, 4.69) is 5.32 Å². The van der Waals surface area contributed by atoms with Crippen molar-refractivity contribution in [1.29, 1.82) is 0 Å². The molecule has 1 aliphatic carbocycles. The van der Waals surface area contributed by atoms with E-state index >= 15 is 0 Å². The Balaban J connectivity index is 1.66. The number of benzene rings is 1. The lowest BCUT2D eigenvalue weighted by molar-refractivity contribution is -0.384. The summed E-state index contributed by atoms with van der Waals surface area (Å²) in [6.45, 7) is 4.79. The summed E-state index contributed by atoms with van der Waals surface area (Å²) in [5, 5.41) is 13.3. The van der Waals surface area contributed by atoms with Crippen LogP contribution in [0.5, 0.6) is 0 Å². The van der Waals surface area contributed by atoms with Gasteiger partial charge in [-0.2, -0.15) is 0 Å². The van der Waals surface area contributed by atoms with E-state index in [1.807, 2.05) is 13.8 Å². The van der Waals surface area contributed by atoms with Crippen LogP contribution in [-0.4, -0.2) is 36.2 Å². The number of nitro groups is 1. The number of carbonyl (C=O) groups excluding carboxylic acids is 2. The van der Waals surface area contributed by atoms with Crippen molar-refractivity contribution < 1.29 is 24.0 Å². The first-order chi connectivity index (χ1) is 11.8. The Morgan fingerprint density at radius 1 is 1.28 bits per heavy atom. The van der Waals surface area contributed by atoms with Gasteiger partial charge in [-0.3, -0.25) is 10.1 Å². The number of hydrogen-bond acceptors (Lipinski definition) is 6. The number of nitrogens with zero attached hydrogens (tertiary/aromatic N) is 1. The van der Waals surface area contributed by atoms with Crippen LogP contribution >= 0.6 is 0 Å². The molecule has 0 aromatic heterocycles. The predicted molar refractivity (Wildman–Crippen MR) is 89.2 cm³/mol. The maximum atomic E-state index is 12.0. The second-order valence-corrected chi connectivity index (χ2v) is 6.54. The van der Waals surface area contributed by atoms with Crippen molar-refractivity contribution in [3.63, 3.8) is 0 Å². The molecule has 1 amide bonds. The lowest BCUT2D eigenvalue weighted by Crippen LogP contribution is -2.40. The molecular formula is C17H22N2O6. The maximum absolute atomic E-state index is 12.0. The zero-order chi connectivity index (χ0) is 18.4. The van der Waals surface area contributed by atoms with Crippen LogP contribution in [0.2, 0.25) is 0 Å². The molecule has 0 atom stereocenters. The highest BCUT2D eigenvalue weighted by atomic mass is 16.6. The fraction of sp³-hybridized carbons (Fsp3) is 0.529. The molecule has 0 spiro atoms. The first-order valence-electron chi connectivity index (χ1n) is 8.21. The number of carbonyl (C=O) groups is 2. The maximum Gasteiger partial charge on any atom is 0.407 e. The normalized spacial score (nSPS) is 19.0. The van der Waals surface area contributed by atoms with Crippen molar-refractivity contribution in [2.75, 3.05) is 13.2 Å². The number of nitrogens with one attached hydrogen (secondary N) is 1. The van der Waals surface area contributed by atoms with Crippen molar-refractivity contribution in [2.45, 2.75) is 32.8 Å². The van der Waals surface area contributed by atoms with Gasteiger partial charge in [0.25, 0.3) is 5.69 Å². The number of alkyl carbamates (subject to hydrolysis) is 1. The molecule has 1 fully saturated rings. The molecule has 1 N–H and O–H groups in total. The fourth-order valence-electron chi connectivity index (χ4n) is 2.40. The van der Waals surface area contributed by atoms with E-state index in [1.54, 1.807) is 0 Å². The van der Waals surface area contributed by atoms with Crippen LogP contribution in [0.3, 0.4) is 0 Å². The van der Waals surface area contributed by atoms with Crippen molar-refractivity contribution in [2.24, 2.45) is 11.8 Å². The summed E-state index contributed by atoms with van der Waals surface area (Å²) in [5.74, 6) is 0.0431. The second kappa shape index (κ2) is 8.46. The Bertz CT molecular complexity index is 623. The van der Waals surface area contributed by atoms with E-state index < -0.39 is 17.0 Å². The van der Waals surface area contributed by atoms with E-state index in [0.29, 0.717) is 26.0 Å². The number of esters is 1. The SMILES string of the molecule is CC(C)COC(=O)NCC1CC(OC(=O)c2ccc([N+](=O)[O-])cc2)C1. The van der Waals surface area contributed by atoms with Gasteiger partial charge < -0.3 is 14.8 Å². The highest BCUT2D eigenvalue weighted by Crippen LogP contribution is 2.30. The Labute approximate surface area is 145 Å². The van der Waals surface area contributed by atoms with E-state index in [1.165, 1.54) is 24.3 Å². The first-order valence-corrected chi connectivity index (χ1v) is 8.21. The van der Waals surface area contributed by atoms with E-state index in [0.717, 1.165) is 0 Å². The summed E-state index contributed by atoms with van der Waals surface area (Å²) in [7, 11) is 0. The van der Waals surface area contributed by atoms with Gasteiger partial charge in [-0.1, -0.05) is 13.8 Å². The standard InChI is InChI=1S/C17H22N2O6/c1-11(2)10-24-17(21)18-9-12-7-15(8-12)25-16(20)13-3-5-14(6-4-13)19(22)23/h3-6,11-12,15H,7-10H2,1-2H3,(H,18,21). The molecule has 1 aliphatic rings. The molecule has 0 unspecified atom stereocenters. The summed E-state index contributed by atoms with van der Waals surface area (Å²) in [6.07, 6.45) is 0.716. The third-order valence-electron chi connectivity index (χ3n) is 3.86. The van der Waals surface area contributed by atoms with E-state index in [4.69, 9.17) is 9.47 Å². The number of non-ortho nitro benzene ring substituents is 1. The predicted octanol–water partition coefficient (Wildman–Crippen LogP) is 2.91. The zero-order valence-corrected chi connectivity index (χ0v) is 14.3. The van der Waals surface area contributed by atoms with Gasteiger partial charge in [0.1, 0.15) is 6.10 Å². The summed E-state index contributed by atoms with van der Waals surface area (Å²) in [4.78, 5) is 33.5. The molecule has 2 rings (SSSR count). The fourth-order valence-corrected chi connectivity index (χ4v) is 2.40. The smallest absolute Gasteiger partial charge is 0.407 e. The highest BCUT2D eigenvalue weighted by molar-refractivity contribution is 5.89. The van der Waals surface area contributed by atoms with E-state index in [-0.39, 0.29) is 29.2 Å². The van der Waals surface area contributed by atoms with Crippen LogP contribution in [-0.2, 0) is 9.47 Å². The van der Waals surface area contributed by atoms with Crippen LogP contribution in [0.15, 0.2) is 24.3 Å². The van der Waals surface area contributed by atoms with Gasteiger partial charge in [0.05, 0.1) is 17.1 Å². The summed E-state index contributed by atoms with van der Waals surface area (Å²) in [6, 6.07) is 5.30. The molecule has 0 aliphatic heterocycles. The van der Waals surface area contributed by atoms with Gasteiger partial charge in [0, 0.05) is 18.7 Å². The third-order valence-corrected chi connectivity index (χ3v) is 3.86. The van der Waals surface area contributed by atoms with Crippen LogP contribution in [0, 0.1) is 22.0 Å². The highest BCUT2D eigenvalue weighted by Gasteiger charge is 2.32. The largest absolute Gasteiger partial charge is 0.459 e. The summed E-state index contributed by atoms with van der Waals surface area (Å²) >= 11 is 0. The molecule has 1 aromatic rings. The van der Waals surface area contributed by atoms with Crippen LogP contribution in [0.4, 0.5) is 10.5 Å². The Hall–Kier alpha value is -2.64. The van der Waals surface area contributed by atoms with Crippen molar-refractivity contribution in [1.82, 2.24) is 5.32 Å². The molecule has 0 heterocycles. The number of hydrogen-bond donors (Lipinski definition) is 1. The first kappa shape index (κ1) is 18.7. The number of ether oxygens (including phenoxy) is 2. The van der Waals surface area contributed by atoms with Crippen LogP contribution in [0.25, 0.3) is 0 Å². The number of nitro benzene ring substituents is 1. The molecule has 0 radical (unpaired) electrons. The van der Waals surface area contributed by atoms with Crippen molar-refractivity contribution in [3.8, 4) is 0 Å². The number of amides is 1. The quantitative estimate of drug-likeness (QED) is 0.460. The van der Waals surface area contributed by atoms with Gasteiger partial charge in [-0.05, 0) is 36.8 Å². The lowest BCUT2D eigenvalue weighted by atomic mass is 9.82. The van der Waals surface area contributed by atoms with Gasteiger partial charge >= 0.3 is 12.1 Å². The van der Waals surface area contributed by atoms with Gasteiger partial charge in [0.2, 0.25) is 0 Å². The zero-order valence-electron chi connectivity index (χ0n) is 14.3. The second-order valence-electron chi connectivity index (χ2n) is 6.54. The molecule has 0 bridgehead atoms. The summed E-state index contributed by atoms with van der Waals surface area (Å²) < 4.78 is 10.4. The molecule has 8 nitrogen and oxygen atoms in total. The average molecular weight is 350 g/mol. The lowest BCUT2D eigenvalue weighted by Gasteiger charge is -2.34. The topological polar surface area (TPSA) is 108 Å². The van der Waals surface area contributed by atoms with Gasteiger partial charge in [-0.25, -0.2) is 9.59 Å². The van der Waals surface area contributed by atoms with Crippen molar-refractivity contribution in [3.05, 3.63) is 39.9 Å². The molecule has 1 saturated carbocycles. The van der Waals surface area contributed by atoms with Crippen LogP contribution < -0.4 is 5.32 Å². The number of rotatable bonds is 7. The summed E-state index contributed by atoms with van der Waals surface area (Å²) in [5.41, 5.74) is 0.208. The molecule has 136 valence electrons. The van der Waals surface area contributed by atoms with E-state index in [9.17, 15) is 19.7 Å². The van der Waals surface area contributed by atoms with Gasteiger partial charge in [-0.15, -0.1) is 0 Å². The minimum absolute atomic E-state index is 0.0734. The van der Waals surface area contributed by atoms with Crippen LogP contribution in [0.1, 0.15) is 37.0 Å². The minimum Gasteiger partial charge on any atom is -0.459 e. The Kier molecular flexibility index (Phi) is 6.32. The molecular weight excluding hydrogens is 328 g/mol. The van der Waals surface area contributed by atoms with Crippen molar-refractivity contribution >= 4 is 17.7 Å². The molecule has 0 saturated heterocycles. The molecule has 25 heavy (non-hydrogen) atoms. The Morgan fingerprint density at radius 3 is 2.48 bits per heavy atom. The van der Waals surface area contributed by atoms with Gasteiger partial charge in [0.15, 0.2) is 0 Å². The monoisotopic (exact) mass is 350 g/mol. The third kappa shape index (κ3) is 5.74. The Morgan fingerprint density at radius 2 is 1.92 bits per heavy atom. The minimum atomic E-state index is -0.523. The average Bonchev–Trinajstić information content (AvgIpc) is 2.54. The molecule has 8 heteroatoms.